The van der Waals surface area contributed by atoms with Crippen LogP contribution in [0.15, 0.2) is 36.4 Å². The number of halogens is 2. The molecule has 0 aliphatic rings. The van der Waals surface area contributed by atoms with Gasteiger partial charge in [0, 0.05) is 15.6 Å². The summed E-state index contributed by atoms with van der Waals surface area (Å²) < 4.78 is 10.4. The van der Waals surface area contributed by atoms with Gasteiger partial charge < -0.3 is 14.8 Å². The van der Waals surface area contributed by atoms with Crippen LogP contribution in [0.2, 0.25) is 10.0 Å². The molecule has 1 N–H and O–H groups in total. The van der Waals surface area contributed by atoms with Crippen LogP contribution in [0.4, 0.5) is 0 Å². The second-order valence-electron chi connectivity index (χ2n) is 4.93. The van der Waals surface area contributed by atoms with Crippen LogP contribution >= 0.6 is 23.2 Å². The summed E-state index contributed by atoms with van der Waals surface area (Å²) in [5.41, 5.74) is 1.27. The number of benzene rings is 2. The Morgan fingerprint density at radius 1 is 1.04 bits per heavy atom. The van der Waals surface area contributed by atoms with E-state index < -0.39 is 0 Å². The van der Waals surface area contributed by atoms with E-state index in [1.807, 2.05) is 6.92 Å². The van der Waals surface area contributed by atoms with Crippen molar-refractivity contribution in [1.82, 2.24) is 5.32 Å². The zero-order valence-electron chi connectivity index (χ0n) is 13.0. The molecule has 0 heterocycles. The summed E-state index contributed by atoms with van der Waals surface area (Å²) in [6.07, 6.45) is 0. The fraction of sp³-hybridized carbons (Fsp3) is 0.235. The Morgan fingerprint density at radius 2 is 1.74 bits per heavy atom. The van der Waals surface area contributed by atoms with E-state index in [1.54, 1.807) is 43.5 Å². The van der Waals surface area contributed by atoms with Crippen LogP contribution in [0.1, 0.15) is 28.9 Å². The molecule has 0 aliphatic heterocycles. The second-order valence-corrected chi connectivity index (χ2v) is 5.77. The Hall–Kier alpha value is -1.91. The lowest BCUT2D eigenvalue weighted by Crippen LogP contribution is -2.26. The van der Waals surface area contributed by atoms with Crippen LogP contribution in [0.3, 0.4) is 0 Å². The third-order valence-corrected chi connectivity index (χ3v) is 3.98. The SMILES string of the molecule is COc1ccc(C(=O)N[C@@H](C)c2ccc(Cl)cc2Cl)cc1OC. The van der Waals surface area contributed by atoms with Gasteiger partial charge in [-0.25, -0.2) is 0 Å². The van der Waals surface area contributed by atoms with Gasteiger partial charge in [-0.05, 0) is 42.8 Å². The van der Waals surface area contributed by atoms with Crippen molar-refractivity contribution in [2.24, 2.45) is 0 Å². The van der Waals surface area contributed by atoms with E-state index >= 15 is 0 Å². The van der Waals surface area contributed by atoms with Crippen LogP contribution in [-0.4, -0.2) is 20.1 Å². The van der Waals surface area contributed by atoms with Crippen molar-refractivity contribution >= 4 is 29.1 Å². The molecule has 2 aromatic carbocycles. The highest BCUT2D eigenvalue weighted by Gasteiger charge is 2.16. The number of amides is 1. The molecule has 122 valence electrons. The second kappa shape index (κ2) is 7.57. The minimum atomic E-state index is -0.264. The molecule has 0 spiro atoms. The molecule has 4 nitrogen and oxygen atoms in total. The Balaban J connectivity index is 2.18. The summed E-state index contributed by atoms with van der Waals surface area (Å²) in [5, 5.41) is 3.96. The van der Waals surface area contributed by atoms with Crippen molar-refractivity contribution in [1.29, 1.82) is 0 Å². The van der Waals surface area contributed by atoms with Gasteiger partial charge in [-0.15, -0.1) is 0 Å². The molecule has 0 bridgehead atoms. The van der Waals surface area contributed by atoms with E-state index in [9.17, 15) is 4.79 Å². The van der Waals surface area contributed by atoms with Crippen molar-refractivity contribution < 1.29 is 14.3 Å². The molecular formula is C17H17Cl2NO3. The summed E-state index contributed by atoms with van der Waals surface area (Å²) in [6.45, 7) is 1.85. The third-order valence-electron chi connectivity index (χ3n) is 3.42. The first kappa shape index (κ1) is 17.4. The number of rotatable bonds is 5. The third kappa shape index (κ3) is 4.09. The van der Waals surface area contributed by atoms with E-state index in [1.165, 1.54) is 7.11 Å². The summed E-state index contributed by atoms with van der Waals surface area (Å²) in [6, 6.07) is 9.91. The zero-order chi connectivity index (χ0) is 17.0. The first-order valence-electron chi connectivity index (χ1n) is 6.94. The predicted octanol–water partition coefficient (Wildman–Crippen LogP) is 4.50. The summed E-state index contributed by atoms with van der Waals surface area (Å²) >= 11 is 12.1. The largest absolute Gasteiger partial charge is 0.493 e. The summed E-state index contributed by atoms with van der Waals surface area (Å²) in [4.78, 5) is 12.4. The van der Waals surface area contributed by atoms with Crippen LogP contribution in [0.5, 0.6) is 11.5 Å². The maximum atomic E-state index is 12.4. The molecule has 0 fully saturated rings. The maximum absolute atomic E-state index is 12.4. The van der Waals surface area contributed by atoms with E-state index in [0.29, 0.717) is 27.1 Å². The van der Waals surface area contributed by atoms with Gasteiger partial charge in [0.25, 0.3) is 5.91 Å². The molecule has 6 heteroatoms. The summed E-state index contributed by atoms with van der Waals surface area (Å²) in [5.74, 6) is 0.833. The Kier molecular flexibility index (Phi) is 5.74. The van der Waals surface area contributed by atoms with Crippen molar-refractivity contribution in [2.45, 2.75) is 13.0 Å². The predicted molar refractivity (Wildman–Crippen MR) is 91.9 cm³/mol. The van der Waals surface area contributed by atoms with Crippen molar-refractivity contribution in [3.8, 4) is 11.5 Å². The van der Waals surface area contributed by atoms with E-state index in [0.717, 1.165) is 5.56 Å². The monoisotopic (exact) mass is 353 g/mol. The number of ether oxygens (including phenoxy) is 2. The molecule has 23 heavy (non-hydrogen) atoms. The van der Waals surface area contributed by atoms with Gasteiger partial charge in [-0.1, -0.05) is 29.3 Å². The molecule has 1 atom stereocenters. The molecule has 0 saturated heterocycles. The first-order valence-corrected chi connectivity index (χ1v) is 7.69. The van der Waals surface area contributed by atoms with Crippen molar-refractivity contribution in [2.75, 3.05) is 14.2 Å². The zero-order valence-corrected chi connectivity index (χ0v) is 14.5. The number of carbonyl (C=O) groups is 1. The quantitative estimate of drug-likeness (QED) is 0.860. The number of hydrogen-bond donors (Lipinski definition) is 1. The minimum Gasteiger partial charge on any atom is -0.493 e. The smallest absolute Gasteiger partial charge is 0.251 e. The van der Waals surface area contributed by atoms with Crippen molar-refractivity contribution in [3.63, 3.8) is 0 Å². The van der Waals surface area contributed by atoms with Gasteiger partial charge in [0.05, 0.1) is 20.3 Å². The lowest BCUT2D eigenvalue weighted by Gasteiger charge is -2.16. The highest BCUT2D eigenvalue weighted by Crippen LogP contribution is 2.29. The molecule has 0 saturated carbocycles. The van der Waals surface area contributed by atoms with Gasteiger partial charge in [0.2, 0.25) is 0 Å². The fourth-order valence-electron chi connectivity index (χ4n) is 2.19. The number of nitrogens with one attached hydrogen (secondary N) is 1. The normalized spacial score (nSPS) is 11.7. The number of methoxy groups -OCH3 is 2. The lowest BCUT2D eigenvalue weighted by atomic mass is 10.1. The van der Waals surface area contributed by atoms with Gasteiger partial charge in [-0.3, -0.25) is 4.79 Å². The van der Waals surface area contributed by atoms with Crippen LogP contribution in [0, 0.1) is 0 Å². The molecular weight excluding hydrogens is 337 g/mol. The van der Waals surface area contributed by atoms with E-state index in [-0.39, 0.29) is 11.9 Å². The molecule has 0 aliphatic carbocycles. The van der Waals surface area contributed by atoms with Crippen LogP contribution < -0.4 is 14.8 Å². The number of hydrogen-bond acceptors (Lipinski definition) is 3. The minimum absolute atomic E-state index is 0.232. The molecule has 2 aromatic rings. The molecule has 0 unspecified atom stereocenters. The Labute approximate surface area is 145 Å². The van der Waals surface area contributed by atoms with Gasteiger partial charge >= 0.3 is 0 Å². The lowest BCUT2D eigenvalue weighted by molar-refractivity contribution is 0.0939. The van der Waals surface area contributed by atoms with Gasteiger partial charge in [0.1, 0.15) is 0 Å². The molecule has 0 radical (unpaired) electrons. The topological polar surface area (TPSA) is 47.6 Å². The Bertz CT molecular complexity index is 719. The molecule has 2 rings (SSSR count). The first-order chi connectivity index (χ1) is 11.0. The van der Waals surface area contributed by atoms with Gasteiger partial charge in [0.15, 0.2) is 11.5 Å². The van der Waals surface area contributed by atoms with Crippen molar-refractivity contribution in [3.05, 3.63) is 57.6 Å². The average molecular weight is 354 g/mol. The van der Waals surface area contributed by atoms with E-state index in [2.05, 4.69) is 5.32 Å². The highest BCUT2D eigenvalue weighted by atomic mass is 35.5. The maximum Gasteiger partial charge on any atom is 0.251 e. The fourth-order valence-corrected chi connectivity index (χ4v) is 2.76. The van der Waals surface area contributed by atoms with Crippen LogP contribution in [-0.2, 0) is 0 Å². The summed E-state index contributed by atoms with van der Waals surface area (Å²) in [7, 11) is 3.07. The van der Waals surface area contributed by atoms with E-state index in [4.69, 9.17) is 32.7 Å². The Morgan fingerprint density at radius 3 is 2.35 bits per heavy atom. The highest BCUT2D eigenvalue weighted by molar-refractivity contribution is 6.35. The van der Waals surface area contributed by atoms with Gasteiger partial charge in [-0.2, -0.15) is 0 Å². The average Bonchev–Trinajstić information content (AvgIpc) is 2.53. The number of carbonyl (C=O) groups excluding carboxylic acids is 1. The molecule has 1 amide bonds. The molecule has 0 aromatic heterocycles. The standard InChI is InChI=1S/C17H17Cl2NO3/c1-10(13-6-5-12(18)9-14(13)19)20-17(21)11-4-7-15(22-2)16(8-11)23-3/h4-10H,1-3H3,(H,20,21)/t10-/m0/s1. The van der Waals surface area contributed by atoms with Crippen LogP contribution in [0.25, 0.3) is 0 Å².